The first kappa shape index (κ1) is 17.7. The summed E-state index contributed by atoms with van der Waals surface area (Å²) in [5.41, 5.74) is 0. The maximum atomic E-state index is 11.8. The van der Waals surface area contributed by atoms with E-state index in [-0.39, 0.29) is 24.2 Å². The normalized spacial score (nSPS) is 25.2. The van der Waals surface area contributed by atoms with Gasteiger partial charge in [0.15, 0.2) is 0 Å². The van der Waals surface area contributed by atoms with E-state index in [1.165, 1.54) is 45.4 Å². The minimum atomic E-state index is 0. The first-order valence-corrected chi connectivity index (χ1v) is 7.88. The fourth-order valence-electron chi connectivity index (χ4n) is 3.14. The number of carbonyl (C=O) groups is 1. The Morgan fingerprint density at radius 3 is 2.65 bits per heavy atom. The smallest absolute Gasteiger partial charge is 0.222 e. The molecule has 0 aromatic heterocycles. The summed E-state index contributed by atoms with van der Waals surface area (Å²) in [5.74, 6) is 1.15. The third kappa shape index (κ3) is 5.58. The van der Waals surface area contributed by atoms with Crippen molar-refractivity contribution in [2.24, 2.45) is 11.8 Å². The van der Waals surface area contributed by atoms with Crippen LogP contribution < -0.4 is 10.6 Å². The number of nitrogens with zero attached hydrogens (tertiary/aromatic N) is 1. The van der Waals surface area contributed by atoms with Crippen molar-refractivity contribution in [2.75, 3.05) is 32.7 Å². The SMILES string of the molecule is CC(C)C(=O)NC1CCCN(CC2CCNCC2)C1.Cl. The van der Waals surface area contributed by atoms with Gasteiger partial charge in [-0.15, -0.1) is 12.4 Å². The fourth-order valence-corrected chi connectivity index (χ4v) is 3.14. The topological polar surface area (TPSA) is 44.4 Å². The molecule has 0 spiro atoms. The van der Waals surface area contributed by atoms with Crippen LogP contribution in [0.15, 0.2) is 0 Å². The molecule has 2 fully saturated rings. The molecule has 2 N–H and O–H groups in total. The van der Waals surface area contributed by atoms with Crippen LogP contribution in [-0.2, 0) is 4.79 Å². The lowest BCUT2D eigenvalue weighted by atomic mass is 9.95. The van der Waals surface area contributed by atoms with Gasteiger partial charge < -0.3 is 15.5 Å². The van der Waals surface area contributed by atoms with Crippen molar-refractivity contribution in [3.05, 3.63) is 0 Å². The lowest BCUT2D eigenvalue weighted by molar-refractivity contribution is -0.125. The molecule has 2 aliphatic heterocycles. The number of hydrogen-bond acceptors (Lipinski definition) is 3. The second-order valence-corrected chi connectivity index (χ2v) is 6.46. The Morgan fingerprint density at radius 1 is 1.30 bits per heavy atom. The summed E-state index contributed by atoms with van der Waals surface area (Å²) in [6, 6.07) is 0.366. The van der Waals surface area contributed by atoms with E-state index in [0.29, 0.717) is 6.04 Å². The van der Waals surface area contributed by atoms with Gasteiger partial charge in [-0.3, -0.25) is 4.79 Å². The zero-order chi connectivity index (χ0) is 13.7. The molecule has 0 bridgehead atoms. The Kier molecular flexibility index (Phi) is 7.85. The number of amides is 1. The van der Waals surface area contributed by atoms with E-state index in [4.69, 9.17) is 0 Å². The van der Waals surface area contributed by atoms with Gasteiger partial charge in [-0.25, -0.2) is 0 Å². The lowest BCUT2D eigenvalue weighted by Gasteiger charge is -2.36. The number of nitrogens with one attached hydrogen (secondary N) is 2. The van der Waals surface area contributed by atoms with Crippen LogP contribution in [0, 0.1) is 11.8 Å². The van der Waals surface area contributed by atoms with Crippen LogP contribution in [0.25, 0.3) is 0 Å². The van der Waals surface area contributed by atoms with Crippen molar-refractivity contribution in [2.45, 2.75) is 45.6 Å². The molecule has 4 nitrogen and oxygen atoms in total. The van der Waals surface area contributed by atoms with Gasteiger partial charge in [-0.1, -0.05) is 13.8 Å². The molecule has 2 saturated heterocycles. The molecule has 1 unspecified atom stereocenters. The molecule has 5 heteroatoms. The molecule has 1 atom stereocenters. The first-order chi connectivity index (χ1) is 9.15. The van der Waals surface area contributed by atoms with Crippen LogP contribution in [-0.4, -0.2) is 49.6 Å². The number of likely N-dealkylation sites (tertiary alicyclic amines) is 1. The zero-order valence-corrected chi connectivity index (χ0v) is 13.7. The Hall–Kier alpha value is -0.320. The summed E-state index contributed by atoms with van der Waals surface area (Å²) in [7, 11) is 0. The molecule has 0 radical (unpaired) electrons. The average molecular weight is 304 g/mol. The molecule has 118 valence electrons. The minimum Gasteiger partial charge on any atom is -0.352 e. The van der Waals surface area contributed by atoms with Crippen LogP contribution in [0.1, 0.15) is 39.5 Å². The number of halogens is 1. The van der Waals surface area contributed by atoms with Gasteiger partial charge in [-0.05, 0) is 51.2 Å². The number of carbonyl (C=O) groups excluding carboxylic acids is 1. The van der Waals surface area contributed by atoms with Crippen LogP contribution in [0.2, 0.25) is 0 Å². The van der Waals surface area contributed by atoms with Gasteiger partial charge in [0, 0.05) is 25.0 Å². The summed E-state index contributed by atoms with van der Waals surface area (Å²) in [5, 5.41) is 6.62. The summed E-state index contributed by atoms with van der Waals surface area (Å²) < 4.78 is 0. The average Bonchev–Trinajstić information content (AvgIpc) is 2.40. The summed E-state index contributed by atoms with van der Waals surface area (Å²) in [6.07, 6.45) is 4.97. The lowest BCUT2D eigenvalue weighted by Crippen LogP contribution is -2.50. The van der Waals surface area contributed by atoms with Crippen molar-refractivity contribution in [1.82, 2.24) is 15.5 Å². The van der Waals surface area contributed by atoms with Gasteiger partial charge >= 0.3 is 0 Å². The number of rotatable bonds is 4. The van der Waals surface area contributed by atoms with E-state index in [9.17, 15) is 4.79 Å². The molecule has 2 rings (SSSR count). The quantitative estimate of drug-likeness (QED) is 0.830. The van der Waals surface area contributed by atoms with Gasteiger partial charge in [0.2, 0.25) is 5.91 Å². The Balaban J connectivity index is 0.00000200. The maximum Gasteiger partial charge on any atom is 0.222 e. The highest BCUT2D eigenvalue weighted by molar-refractivity contribution is 5.85. The fraction of sp³-hybridized carbons (Fsp3) is 0.933. The van der Waals surface area contributed by atoms with Gasteiger partial charge in [0.1, 0.15) is 0 Å². The molecule has 20 heavy (non-hydrogen) atoms. The summed E-state index contributed by atoms with van der Waals surface area (Å²) >= 11 is 0. The van der Waals surface area contributed by atoms with E-state index >= 15 is 0 Å². The highest BCUT2D eigenvalue weighted by atomic mass is 35.5. The second kappa shape index (κ2) is 8.85. The van der Waals surface area contributed by atoms with Crippen LogP contribution in [0.5, 0.6) is 0 Å². The van der Waals surface area contributed by atoms with E-state index < -0.39 is 0 Å². The molecule has 1 amide bonds. The van der Waals surface area contributed by atoms with Crippen molar-refractivity contribution in [1.29, 1.82) is 0 Å². The maximum absolute atomic E-state index is 11.8. The number of piperidine rings is 2. The first-order valence-electron chi connectivity index (χ1n) is 7.88. The molecule has 2 aliphatic rings. The zero-order valence-electron chi connectivity index (χ0n) is 12.9. The standard InChI is InChI=1S/C15H29N3O.ClH/c1-12(2)15(19)17-14-4-3-9-18(11-14)10-13-5-7-16-8-6-13;/h12-14,16H,3-11H2,1-2H3,(H,17,19);1H. The highest BCUT2D eigenvalue weighted by Gasteiger charge is 2.24. The van der Waals surface area contributed by atoms with Crippen molar-refractivity contribution in [3.8, 4) is 0 Å². The molecular formula is C15H30ClN3O. The monoisotopic (exact) mass is 303 g/mol. The van der Waals surface area contributed by atoms with Gasteiger partial charge in [0.25, 0.3) is 0 Å². The Bertz CT molecular complexity index is 293. The van der Waals surface area contributed by atoms with Gasteiger partial charge in [-0.2, -0.15) is 0 Å². The van der Waals surface area contributed by atoms with Crippen molar-refractivity contribution < 1.29 is 4.79 Å². The predicted molar refractivity (Wildman–Crippen MR) is 85.3 cm³/mol. The second-order valence-electron chi connectivity index (χ2n) is 6.46. The van der Waals surface area contributed by atoms with E-state index in [1.807, 2.05) is 13.8 Å². The molecule has 0 aromatic rings. The molecule has 0 aliphatic carbocycles. The Morgan fingerprint density at radius 2 is 2.00 bits per heavy atom. The Labute approximate surface area is 129 Å². The minimum absolute atomic E-state index is 0. The third-order valence-electron chi connectivity index (χ3n) is 4.35. The molecular weight excluding hydrogens is 274 g/mol. The van der Waals surface area contributed by atoms with E-state index in [1.54, 1.807) is 0 Å². The third-order valence-corrected chi connectivity index (χ3v) is 4.35. The summed E-state index contributed by atoms with van der Waals surface area (Å²) in [6.45, 7) is 9.74. The van der Waals surface area contributed by atoms with Crippen molar-refractivity contribution >= 4 is 18.3 Å². The van der Waals surface area contributed by atoms with Crippen LogP contribution >= 0.6 is 12.4 Å². The molecule has 0 aromatic carbocycles. The van der Waals surface area contributed by atoms with E-state index in [2.05, 4.69) is 15.5 Å². The molecule has 2 heterocycles. The van der Waals surface area contributed by atoms with E-state index in [0.717, 1.165) is 18.9 Å². The highest BCUT2D eigenvalue weighted by Crippen LogP contribution is 2.17. The van der Waals surface area contributed by atoms with Crippen LogP contribution in [0.3, 0.4) is 0 Å². The van der Waals surface area contributed by atoms with Crippen LogP contribution in [0.4, 0.5) is 0 Å². The number of hydrogen-bond donors (Lipinski definition) is 2. The molecule has 0 saturated carbocycles. The largest absolute Gasteiger partial charge is 0.352 e. The van der Waals surface area contributed by atoms with Gasteiger partial charge in [0.05, 0.1) is 0 Å². The van der Waals surface area contributed by atoms with Crippen molar-refractivity contribution in [3.63, 3.8) is 0 Å². The summed E-state index contributed by atoms with van der Waals surface area (Å²) in [4.78, 5) is 14.3. The predicted octanol–water partition coefficient (Wildman–Crippen LogP) is 1.64.